The second kappa shape index (κ2) is 8.51. The van der Waals surface area contributed by atoms with Crippen LogP contribution in [0.25, 0.3) is 5.95 Å². The molecule has 0 aliphatic carbocycles. The highest BCUT2D eigenvalue weighted by molar-refractivity contribution is 5.91. The zero-order chi connectivity index (χ0) is 20.1. The summed E-state index contributed by atoms with van der Waals surface area (Å²) < 4.78 is 7.00. The summed E-state index contributed by atoms with van der Waals surface area (Å²) >= 11 is 0. The number of para-hydroxylation sites is 1. The Kier molecular flexibility index (Phi) is 5.88. The van der Waals surface area contributed by atoms with Crippen molar-refractivity contribution in [3.05, 3.63) is 63.7 Å². The lowest BCUT2D eigenvalue weighted by Crippen LogP contribution is -2.23. The Morgan fingerprint density at radius 2 is 2.04 bits per heavy atom. The lowest BCUT2D eigenvalue weighted by Gasteiger charge is -2.11. The Balaban J connectivity index is 1.78. The normalized spacial score (nSPS) is 10.7. The predicted octanol–water partition coefficient (Wildman–Crippen LogP) is 2.54. The van der Waals surface area contributed by atoms with E-state index in [1.807, 2.05) is 38.1 Å². The topological polar surface area (TPSA) is 102 Å². The summed E-state index contributed by atoms with van der Waals surface area (Å²) in [5.74, 6) is 0.990. The molecule has 0 atom stereocenters. The molecular formula is C20H23N5O3. The molecule has 2 aromatic heterocycles. The first-order chi connectivity index (χ1) is 13.5. The predicted molar refractivity (Wildman–Crippen MR) is 106 cm³/mol. The largest absolute Gasteiger partial charge is 0.483 e. The number of rotatable bonds is 7. The molecule has 0 spiro atoms. The number of aromatic amines is 1. The number of aromatic nitrogens is 4. The van der Waals surface area contributed by atoms with Crippen LogP contribution in [0, 0.1) is 13.8 Å². The highest BCUT2D eigenvalue weighted by Gasteiger charge is 2.14. The van der Waals surface area contributed by atoms with Gasteiger partial charge in [-0.2, -0.15) is 9.78 Å². The van der Waals surface area contributed by atoms with Gasteiger partial charge in [-0.25, -0.2) is 4.98 Å². The van der Waals surface area contributed by atoms with Gasteiger partial charge in [0.25, 0.3) is 11.5 Å². The molecule has 146 valence electrons. The van der Waals surface area contributed by atoms with Gasteiger partial charge in [-0.05, 0) is 31.9 Å². The number of hydrogen-bond donors (Lipinski definition) is 2. The minimum atomic E-state index is -0.337. The van der Waals surface area contributed by atoms with E-state index < -0.39 is 0 Å². The molecule has 0 saturated heterocycles. The molecule has 2 N–H and O–H groups in total. The molecule has 0 bridgehead atoms. The quantitative estimate of drug-likeness (QED) is 0.655. The number of amides is 1. The summed E-state index contributed by atoms with van der Waals surface area (Å²) in [5.41, 5.74) is 2.04. The molecule has 28 heavy (non-hydrogen) atoms. The molecule has 1 amide bonds. The van der Waals surface area contributed by atoms with Crippen LogP contribution < -0.4 is 15.6 Å². The van der Waals surface area contributed by atoms with Crippen LogP contribution >= 0.6 is 0 Å². The number of H-pyrrole nitrogens is 1. The standard InChI is InChI=1S/C20H23N5O3/c1-4-7-15-11-18(26)23-20(21-15)25-17(10-14(3)24-25)22-19(27)12-28-16-9-6-5-8-13(16)2/h5-6,8-11H,4,7,12H2,1-3H3,(H,22,27)(H,21,23,26). The number of carbonyl (C=O) groups excluding carboxylic acids is 1. The zero-order valence-corrected chi connectivity index (χ0v) is 16.2. The van der Waals surface area contributed by atoms with Crippen LogP contribution in [0.2, 0.25) is 0 Å². The number of ether oxygens (including phenoxy) is 1. The molecule has 0 unspecified atom stereocenters. The van der Waals surface area contributed by atoms with Gasteiger partial charge >= 0.3 is 0 Å². The average Bonchev–Trinajstić information content (AvgIpc) is 3.01. The summed E-state index contributed by atoms with van der Waals surface area (Å²) in [6, 6.07) is 10.7. The third-order valence-electron chi connectivity index (χ3n) is 4.04. The summed E-state index contributed by atoms with van der Waals surface area (Å²) in [6.07, 6.45) is 1.55. The SMILES string of the molecule is CCCc1cc(=O)[nH]c(-n2nc(C)cc2NC(=O)COc2ccccc2C)n1. The lowest BCUT2D eigenvalue weighted by atomic mass is 10.2. The van der Waals surface area contributed by atoms with Gasteiger partial charge in [-0.1, -0.05) is 31.5 Å². The van der Waals surface area contributed by atoms with Crippen LogP contribution in [-0.4, -0.2) is 32.3 Å². The molecule has 0 aliphatic heterocycles. The fraction of sp³-hybridized carbons (Fsp3) is 0.300. The summed E-state index contributed by atoms with van der Waals surface area (Å²) in [7, 11) is 0. The maximum absolute atomic E-state index is 12.4. The third-order valence-corrected chi connectivity index (χ3v) is 4.04. The van der Waals surface area contributed by atoms with E-state index in [-0.39, 0.29) is 24.0 Å². The number of nitrogens with one attached hydrogen (secondary N) is 2. The zero-order valence-electron chi connectivity index (χ0n) is 16.2. The first-order valence-corrected chi connectivity index (χ1v) is 9.12. The molecule has 3 aromatic rings. The van der Waals surface area contributed by atoms with Crippen molar-refractivity contribution >= 4 is 11.7 Å². The van der Waals surface area contributed by atoms with Crippen LogP contribution in [0.3, 0.4) is 0 Å². The molecular weight excluding hydrogens is 358 g/mol. The van der Waals surface area contributed by atoms with Crippen molar-refractivity contribution in [2.75, 3.05) is 11.9 Å². The average molecular weight is 381 g/mol. The van der Waals surface area contributed by atoms with Crippen LogP contribution in [-0.2, 0) is 11.2 Å². The van der Waals surface area contributed by atoms with Gasteiger partial charge in [0.2, 0.25) is 5.95 Å². The van der Waals surface area contributed by atoms with E-state index in [4.69, 9.17) is 4.74 Å². The number of benzene rings is 1. The van der Waals surface area contributed by atoms with Crippen molar-refractivity contribution in [2.24, 2.45) is 0 Å². The van der Waals surface area contributed by atoms with E-state index in [1.165, 1.54) is 10.7 Å². The molecule has 2 heterocycles. The van der Waals surface area contributed by atoms with Crippen LogP contribution in [0.15, 0.2) is 41.2 Å². The van der Waals surface area contributed by atoms with E-state index in [9.17, 15) is 9.59 Å². The van der Waals surface area contributed by atoms with Gasteiger partial charge in [0, 0.05) is 17.8 Å². The van der Waals surface area contributed by atoms with Gasteiger partial charge < -0.3 is 10.1 Å². The fourth-order valence-electron chi connectivity index (χ4n) is 2.77. The summed E-state index contributed by atoms with van der Waals surface area (Å²) in [5, 5.41) is 7.10. The minimum Gasteiger partial charge on any atom is -0.483 e. The van der Waals surface area contributed by atoms with Gasteiger partial charge in [0.1, 0.15) is 11.6 Å². The van der Waals surface area contributed by atoms with Crippen molar-refractivity contribution in [3.8, 4) is 11.7 Å². The molecule has 3 rings (SSSR count). The number of aryl methyl sites for hydroxylation is 3. The van der Waals surface area contributed by atoms with Crippen molar-refractivity contribution in [1.82, 2.24) is 19.7 Å². The third kappa shape index (κ3) is 4.64. The lowest BCUT2D eigenvalue weighted by molar-refractivity contribution is -0.118. The van der Waals surface area contributed by atoms with Gasteiger partial charge in [0.15, 0.2) is 6.61 Å². The highest BCUT2D eigenvalue weighted by atomic mass is 16.5. The maximum Gasteiger partial charge on any atom is 0.263 e. The monoisotopic (exact) mass is 381 g/mol. The molecule has 0 aliphatic rings. The first kappa shape index (κ1) is 19.3. The Morgan fingerprint density at radius 3 is 2.79 bits per heavy atom. The minimum absolute atomic E-state index is 0.144. The fourth-order valence-corrected chi connectivity index (χ4v) is 2.77. The van der Waals surface area contributed by atoms with E-state index in [2.05, 4.69) is 20.4 Å². The van der Waals surface area contributed by atoms with Gasteiger partial charge in [-0.3, -0.25) is 14.6 Å². The van der Waals surface area contributed by atoms with E-state index in [0.717, 1.165) is 12.0 Å². The molecule has 8 nitrogen and oxygen atoms in total. The Bertz CT molecular complexity index is 1040. The highest BCUT2D eigenvalue weighted by Crippen LogP contribution is 2.17. The van der Waals surface area contributed by atoms with E-state index >= 15 is 0 Å². The van der Waals surface area contributed by atoms with Crippen molar-refractivity contribution < 1.29 is 9.53 Å². The number of anilines is 1. The van der Waals surface area contributed by atoms with Crippen molar-refractivity contribution in [2.45, 2.75) is 33.6 Å². The molecule has 0 fully saturated rings. The Morgan fingerprint density at radius 1 is 1.25 bits per heavy atom. The maximum atomic E-state index is 12.4. The van der Waals surface area contributed by atoms with Crippen LogP contribution in [0.1, 0.15) is 30.3 Å². The molecule has 8 heteroatoms. The summed E-state index contributed by atoms with van der Waals surface area (Å²) in [6.45, 7) is 5.58. The molecule has 0 radical (unpaired) electrons. The van der Waals surface area contributed by atoms with Crippen molar-refractivity contribution in [3.63, 3.8) is 0 Å². The van der Waals surface area contributed by atoms with Crippen LogP contribution in [0.5, 0.6) is 5.75 Å². The summed E-state index contributed by atoms with van der Waals surface area (Å²) in [4.78, 5) is 31.4. The number of nitrogens with zero attached hydrogens (tertiary/aromatic N) is 3. The van der Waals surface area contributed by atoms with E-state index in [1.54, 1.807) is 13.0 Å². The first-order valence-electron chi connectivity index (χ1n) is 9.12. The Labute approximate surface area is 162 Å². The number of hydrogen-bond acceptors (Lipinski definition) is 5. The molecule has 0 saturated carbocycles. The Hall–Kier alpha value is -3.42. The van der Waals surface area contributed by atoms with Gasteiger partial charge in [0.05, 0.1) is 5.69 Å². The van der Waals surface area contributed by atoms with E-state index in [0.29, 0.717) is 29.4 Å². The van der Waals surface area contributed by atoms with Gasteiger partial charge in [-0.15, -0.1) is 0 Å². The molecule has 1 aromatic carbocycles. The second-order valence-electron chi connectivity index (χ2n) is 6.50. The second-order valence-corrected chi connectivity index (χ2v) is 6.50. The number of carbonyl (C=O) groups is 1. The van der Waals surface area contributed by atoms with Crippen molar-refractivity contribution in [1.29, 1.82) is 0 Å². The smallest absolute Gasteiger partial charge is 0.263 e. The van der Waals surface area contributed by atoms with Crippen LogP contribution in [0.4, 0.5) is 5.82 Å².